The normalized spacial score (nSPS) is 13.0. The number of nitrogens with two attached hydrogens (primary N) is 1. The van der Waals surface area contributed by atoms with Crippen LogP contribution in [0, 0.1) is 5.82 Å². The van der Waals surface area contributed by atoms with E-state index in [2.05, 4.69) is 4.57 Å². The van der Waals surface area contributed by atoms with E-state index in [1.165, 1.54) is 12.1 Å². The lowest BCUT2D eigenvalue weighted by molar-refractivity contribution is 0.174. The van der Waals surface area contributed by atoms with Crippen molar-refractivity contribution in [2.45, 2.75) is 13.0 Å². The van der Waals surface area contributed by atoms with Crippen LogP contribution < -0.4 is 15.2 Å². The van der Waals surface area contributed by atoms with Crippen molar-refractivity contribution < 1.29 is 13.9 Å². The van der Waals surface area contributed by atoms with E-state index in [9.17, 15) is 4.39 Å². The van der Waals surface area contributed by atoms with Crippen LogP contribution in [0.1, 0.15) is 11.4 Å². The highest BCUT2D eigenvalue weighted by molar-refractivity contribution is 5.81. The Bertz CT molecular complexity index is 858. The number of hydrogen-bond acceptors (Lipinski definition) is 4. The van der Waals surface area contributed by atoms with Crippen LogP contribution in [-0.4, -0.2) is 22.9 Å². The molecular weight excluding hydrogens is 297 g/mol. The van der Waals surface area contributed by atoms with Gasteiger partial charge >= 0.3 is 0 Å². The third kappa shape index (κ3) is 2.51. The average molecular weight is 313 g/mol. The van der Waals surface area contributed by atoms with Crippen LogP contribution in [0.5, 0.6) is 11.5 Å². The minimum atomic E-state index is -0.241. The second-order valence-corrected chi connectivity index (χ2v) is 5.47. The largest absolute Gasteiger partial charge is 0.454 e. The summed E-state index contributed by atoms with van der Waals surface area (Å²) in [5.41, 5.74) is 8.57. The maximum Gasteiger partial charge on any atom is 0.231 e. The van der Waals surface area contributed by atoms with E-state index in [1.54, 1.807) is 12.1 Å². The number of ether oxygens (including phenoxy) is 2. The molecule has 118 valence electrons. The molecule has 2 N–H and O–H groups in total. The van der Waals surface area contributed by atoms with Gasteiger partial charge in [0.1, 0.15) is 11.6 Å². The molecular formula is C17H16FN3O2. The molecule has 0 aliphatic carbocycles. The average Bonchev–Trinajstić information content (AvgIpc) is 3.12. The third-order valence-electron chi connectivity index (χ3n) is 3.95. The Morgan fingerprint density at radius 2 is 1.87 bits per heavy atom. The maximum atomic E-state index is 13.1. The number of rotatable bonds is 4. The highest BCUT2D eigenvalue weighted by Crippen LogP contribution is 2.36. The van der Waals surface area contributed by atoms with Gasteiger partial charge in [0.05, 0.1) is 11.0 Å². The fourth-order valence-electron chi connectivity index (χ4n) is 2.86. The van der Waals surface area contributed by atoms with Crippen molar-refractivity contribution in [3.8, 4) is 11.5 Å². The molecule has 0 saturated carbocycles. The maximum absolute atomic E-state index is 13.1. The van der Waals surface area contributed by atoms with E-state index >= 15 is 0 Å². The SMILES string of the molecule is NCCn1c(Cc2ccc(F)cc2)nc2cc3c(cc21)OCO3. The summed E-state index contributed by atoms with van der Waals surface area (Å²) >= 11 is 0. The first-order valence-corrected chi connectivity index (χ1v) is 7.48. The quantitative estimate of drug-likeness (QED) is 0.803. The summed E-state index contributed by atoms with van der Waals surface area (Å²) in [6, 6.07) is 10.3. The smallest absolute Gasteiger partial charge is 0.231 e. The number of aromatic nitrogens is 2. The monoisotopic (exact) mass is 313 g/mol. The van der Waals surface area contributed by atoms with Crippen molar-refractivity contribution in [3.63, 3.8) is 0 Å². The van der Waals surface area contributed by atoms with Crippen LogP contribution >= 0.6 is 0 Å². The molecule has 3 aromatic rings. The summed E-state index contributed by atoms with van der Waals surface area (Å²) in [5.74, 6) is 2.09. The minimum Gasteiger partial charge on any atom is -0.454 e. The van der Waals surface area contributed by atoms with Gasteiger partial charge in [-0.1, -0.05) is 12.1 Å². The molecule has 0 saturated heterocycles. The standard InChI is InChI=1S/C17H16FN3O2/c18-12-3-1-11(2-4-12)7-17-20-13-8-15-16(23-10-22-15)9-14(13)21(17)6-5-19/h1-4,8-9H,5-7,10,19H2. The van der Waals surface area contributed by atoms with Gasteiger partial charge in [-0.3, -0.25) is 0 Å². The number of benzene rings is 2. The van der Waals surface area contributed by atoms with Crippen molar-refractivity contribution in [2.75, 3.05) is 13.3 Å². The van der Waals surface area contributed by atoms with Crippen molar-refractivity contribution in [1.29, 1.82) is 0 Å². The molecule has 1 aliphatic heterocycles. The summed E-state index contributed by atoms with van der Waals surface area (Å²) in [4.78, 5) is 4.70. The molecule has 0 unspecified atom stereocenters. The minimum absolute atomic E-state index is 0.237. The van der Waals surface area contributed by atoms with Crippen LogP contribution in [0.15, 0.2) is 36.4 Å². The van der Waals surface area contributed by atoms with E-state index in [0.29, 0.717) is 25.3 Å². The Morgan fingerprint density at radius 3 is 2.61 bits per heavy atom. The van der Waals surface area contributed by atoms with E-state index in [1.807, 2.05) is 12.1 Å². The zero-order chi connectivity index (χ0) is 15.8. The van der Waals surface area contributed by atoms with Gasteiger partial charge in [0.15, 0.2) is 11.5 Å². The van der Waals surface area contributed by atoms with E-state index < -0.39 is 0 Å². The van der Waals surface area contributed by atoms with Gasteiger partial charge in [0.25, 0.3) is 0 Å². The van der Waals surface area contributed by atoms with Gasteiger partial charge in [-0.05, 0) is 17.7 Å². The van der Waals surface area contributed by atoms with E-state index in [-0.39, 0.29) is 12.6 Å². The fourth-order valence-corrected chi connectivity index (χ4v) is 2.86. The molecule has 0 atom stereocenters. The lowest BCUT2D eigenvalue weighted by Gasteiger charge is -2.08. The predicted octanol–water partition coefficient (Wildman–Crippen LogP) is 2.45. The number of hydrogen-bond donors (Lipinski definition) is 1. The van der Waals surface area contributed by atoms with Crippen LogP contribution in [0.2, 0.25) is 0 Å². The molecule has 2 aromatic carbocycles. The first kappa shape index (κ1) is 14.0. The van der Waals surface area contributed by atoms with Gasteiger partial charge < -0.3 is 19.8 Å². The Kier molecular flexibility index (Phi) is 3.38. The molecule has 1 aliphatic rings. The summed E-state index contributed by atoms with van der Waals surface area (Å²) < 4.78 is 26.0. The van der Waals surface area contributed by atoms with Gasteiger partial charge in [-0.25, -0.2) is 9.37 Å². The van der Waals surface area contributed by atoms with Gasteiger partial charge in [0.2, 0.25) is 6.79 Å². The number of nitrogens with zero attached hydrogens (tertiary/aromatic N) is 2. The van der Waals surface area contributed by atoms with Crippen molar-refractivity contribution in [1.82, 2.24) is 9.55 Å². The molecule has 23 heavy (non-hydrogen) atoms. The Labute approximate surface area is 132 Å². The van der Waals surface area contributed by atoms with E-state index in [0.717, 1.165) is 28.2 Å². The molecule has 0 fully saturated rings. The first-order valence-electron chi connectivity index (χ1n) is 7.48. The second kappa shape index (κ2) is 5.55. The number of fused-ring (bicyclic) bond motifs is 2. The lowest BCUT2D eigenvalue weighted by atomic mass is 10.1. The first-order chi connectivity index (χ1) is 11.2. The van der Waals surface area contributed by atoms with Crippen molar-refractivity contribution in [3.05, 3.63) is 53.6 Å². The van der Waals surface area contributed by atoms with Gasteiger partial charge in [-0.2, -0.15) is 0 Å². The molecule has 0 radical (unpaired) electrons. The molecule has 5 nitrogen and oxygen atoms in total. The topological polar surface area (TPSA) is 62.3 Å². The molecule has 0 amide bonds. The Balaban J connectivity index is 1.78. The summed E-state index contributed by atoms with van der Waals surface area (Å²) in [6.45, 7) is 1.41. The summed E-state index contributed by atoms with van der Waals surface area (Å²) in [6.07, 6.45) is 0.612. The molecule has 2 heterocycles. The predicted molar refractivity (Wildman–Crippen MR) is 84.1 cm³/mol. The zero-order valence-corrected chi connectivity index (χ0v) is 12.5. The van der Waals surface area contributed by atoms with Gasteiger partial charge in [0, 0.05) is 31.6 Å². The lowest BCUT2D eigenvalue weighted by Crippen LogP contribution is -2.13. The Hall–Kier alpha value is -2.60. The Morgan fingerprint density at radius 1 is 1.13 bits per heavy atom. The third-order valence-corrected chi connectivity index (χ3v) is 3.95. The molecule has 0 spiro atoms. The van der Waals surface area contributed by atoms with E-state index in [4.69, 9.17) is 20.2 Å². The second-order valence-electron chi connectivity index (χ2n) is 5.47. The highest BCUT2D eigenvalue weighted by atomic mass is 19.1. The molecule has 6 heteroatoms. The number of halogens is 1. The van der Waals surface area contributed by atoms with Crippen molar-refractivity contribution >= 4 is 11.0 Å². The fraction of sp³-hybridized carbons (Fsp3) is 0.235. The molecule has 1 aromatic heterocycles. The molecule has 0 bridgehead atoms. The van der Waals surface area contributed by atoms with Crippen molar-refractivity contribution in [2.24, 2.45) is 5.73 Å². The number of imidazole rings is 1. The van der Waals surface area contributed by atoms with Crippen LogP contribution in [0.25, 0.3) is 11.0 Å². The zero-order valence-electron chi connectivity index (χ0n) is 12.5. The molecule has 4 rings (SSSR count). The van der Waals surface area contributed by atoms with Gasteiger partial charge in [-0.15, -0.1) is 0 Å². The van der Waals surface area contributed by atoms with Crippen LogP contribution in [-0.2, 0) is 13.0 Å². The summed E-state index contributed by atoms with van der Waals surface area (Å²) in [5, 5.41) is 0. The van der Waals surface area contributed by atoms with Crippen LogP contribution in [0.3, 0.4) is 0 Å². The summed E-state index contributed by atoms with van der Waals surface area (Å²) in [7, 11) is 0. The van der Waals surface area contributed by atoms with Crippen LogP contribution in [0.4, 0.5) is 4.39 Å². The highest BCUT2D eigenvalue weighted by Gasteiger charge is 2.19.